The molecule has 0 aromatic carbocycles. The van der Waals surface area contributed by atoms with Gasteiger partial charge < -0.3 is 15.0 Å². The third-order valence-corrected chi connectivity index (χ3v) is 2.55. The zero-order chi connectivity index (χ0) is 10.4. The van der Waals surface area contributed by atoms with Crippen LogP contribution in [0.25, 0.3) is 0 Å². The second kappa shape index (κ2) is 5.98. The summed E-state index contributed by atoms with van der Waals surface area (Å²) in [5, 5.41) is 3.02. The lowest BCUT2D eigenvalue weighted by Crippen LogP contribution is -2.34. The minimum absolute atomic E-state index is 0.166. The molecule has 0 radical (unpaired) electrons. The van der Waals surface area contributed by atoms with E-state index in [0.29, 0.717) is 6.42 Å². The molecule has 0 spiro atoms. The topological polar surface area (TPSA) is 41.6 Å². The summed E-state index contributed by atoms with van der Waals surface area (Å²) in [5.41, 5.74) is 0. The molecule has 0 aromatic rings. The minimum Gasteiger partial charge on any atom is -0.378 e. The van der Waals surface area contributed by atoms with Crippen molar-refractivity contribution in [3.8, 4) is 0 Å². The Morgan fingerprint density at radius 3 is 3.00 bits per heavy atom. The Kier molecular flexibility index (Phi) is 4.90. The second-order valence-corrected chi connectivity index (χ2v) is 3.76. The van der Waals surface area contributed by atoms with Crippen molar-refractivity contribution in [3.63, 3.8) is 0 Å². The summed E-state index contributed by atoms with van der Waals surface area (Å²) in [5.74, 6) is 0.187. The van der Waals surface area contributed by atoms with Crippen LogP contribution in [0.15, 0.2) is 0 Å². The van der Waals surface area contributed by atoms with Gasteiger partial charge in [-0.3, -0.25) is 4.79 Å². The molecule has 1 aliphatic heterocycles. The minimum atomic E-state index is 0.166. The van der Waals surface area contributed by atoms with Crippen molar-refractivity contribution in [2.24, 2.45) is 0 Å². The maximum Gasteiger partial charge on any atom is 0.224 e. The molecule has 1 N–H and O–H groups in total. The number of ether oxygens (including phenoxy) is 1. The summed E-state index contributed by atoms with van der Waals surface area (Å²) in [6.45, 7) is 2.42. The van der Waals surface area contributed by atoms with Crippen LogP contribution >= 0.6 is 0 Å². The van der Waals surface area contributed by atoms with Gasteiger partial charge in [0.25, 0.3) is 0 Å². The predicted octanol–water partition coefficient (Wildman–Crippen LogP) is 0.233. The largest absolute Gasteiger partial charge is 0.378 e. The molecule has 1 saturated heterocycles. The summed E-state index contributed by atoms with van der Waals surface area (Å²) in [6, 6.07) is 0. The summed E-state index contributed by atoms with van der Waals surface area (Å²) >= 11 is 0. The van der Waals surface area contributed by atoms with E-state index in [2.05, 4.69) is 5.32 Å². The predicted molar refractivity (Wildman–Crippen MR) is 55.2 cm³/mol. The molecule has 1 unspecified atom stereocenters. The average Bonchev–Trinajstić information content (AvgIpc) is 2.66. The highest BCUT2D eigenvalue weighted by atomic mass is 16.5. The van der Waals surface area contributed by atoms with Crippen LogP contribution in [0.1, 0.15) is 19.3 Å². The van der Waals surface area contributed by atoms with Crippen molar-refractivity contribution in [1.29, 1.82) is 0 Å². The lowest BCUT2D eigenvalue weighted by atomic mass is 10.1. The molecule has 0 aromatic heterocycles. The monoisotopic (exact) mass is 200 g/mol. The summed E-state index contributed by atoms with van der Waals surface area (Å²) in [6.07, 6.45) is 2.84. The molecule has 0 aliphatic carbocycles. The summed E-state index contributed by atoms with van der Waals surface area (Å²) in [7, 11) is 3.73. The fraction of sp³-hybridized carbons (Fsp3) is 0.900. The number of nitrogens with zero attached hydrogens (tertiary/aromatic N) is 1. The summed E-state index contributed by atoms with van der Waals surface area (Å²) < 4.78 is 5.42. The second-order valence-electron chi connectivity index (χ2n) is 3.76. The van der Waals surface area contributed by atoms with Crippen LogP contribution < -0.4 is 5.32 Å². The highest BCUT2D eigenvalue weighted by molar-refractivity contribution is 5.76. The maximum absolute atomic E-state index is 11.6. The molecule has 1 atom stereocenters. The first-order valence-corrected chi connectivity index (χ1v) is 5.24. The van der Waals surface area contributed by atoms with E-state index in [4.69, 9.17) is 4.74 Å². The zero-order valence-corrected chi connectivity index (χ0v) is 9.08. The molecule has 4 heteroatoms. The molecule has 1 aliphatic rings. The normalized spacial score (nSPS) is 21.1. The number of rotatable bonds is 5. The Bertz CT molecular complexity index is 179. The Morgan fingerprint density at radius 2 is 2.43 bits per heavy atom. The molecule has 0 bridgehead atoms. The molecule has 14 heavy (non-hydrogen) atoms. The number of nitrogens with one attached hydrogen (secondary N) is 1. The van der Waals surface area contributed by atoms with Gasteiger partial charge in [-0.15, -0.1) is 0 Å². The molecule has 1 heterocycles. The average molecular weight is 200 g/mol. The van der Waals surface area contributed by atoms with Gasteiger partial charge in [0.15, 0.2) is 0 Å². The van der Waals surface area contributed by atoms with Crippen molar-refractivity contribution in [2.75, 3.05) is 33.8 Å². The van der Waals surface area contributed by atoms with Crippen LogP contribution in [0.5, 0.6) is 0 Å². The van der Waals surface area contributed by atoms with Crippen LogP contribution in [0.3, 0.4) is 0 Å². The molecular formula is C10H20N2O2. The van der Waals surface area contributed by atoms with E-state index in [0.717, 1.165) is 32.5 Å². The first-order valence-electron chi connectivity index (χ1n) is 5.24. The molecular weight excluding hydrogens is 180 g/mol. The van der Waals surface area contributed by atoms with E-state index in [1.165, 1.54) is 0 Å². The van der Waals surface area contributed by atoms with Crippen molar-refractivity contribution < 1.29 is 9.53 Å². The van der Waals surface area contributed by atoms with Gasteiger partial charge in [-0.05, 0) is 19.9 Å². The molecule has 1 amide bonds. The van der Waals surface area contributed by atoms with Gasteiger partial charge in [-0.2, -0.15) is 0 Å². The standard InChI is InChI=1S/C10H20N2O2/c1-11-5-6-12(2)10(13)8-9-4-3-7-14-9/h9,11H,3-8H2,1-2H3. The van der Waals surface area contributed by atoms with Gasteiger partial charge in [0.1, 0.15) is 0 Å². The highest BCUT2D eigenvalue weighted by Gasteiger charge is 2.20. The lowest BCUT2D eigenvalue weighted by Gasteiger charge is -2.18. The van der Waals surface area contributed by atoms with Crippen LogP contribution in [-0.4, -0.2) is 50.7 Å². The molecule has 1 fully saturated rings. The maximum atomic E-state index is 11.6. The van der Waals surface area contributed by atoms with E-state index in [-0.39, 0.29) is 12.0 Å². The van der Waals surface area contributed by atoms with Gasteiger partial charge in [0.05, 0.1) is 12.5 Å². The Balaban J connectivity index is 2.18. The Labute approximate surface area is 85.6 Å². The quantitative estimate of drug-likeness (QED) is 0.691. The number of carbonyl (C=O) groups excluding carboxylic acids is 1. The molecule has 0 saturated carbocycles. The molecule has 1 rings (SSSR count). The van der Waals surface area contributed by atoms with Crippen LogP contribution in [-0.2, 0) is 9.53 Å². The van der Waals surface area contributed by atoms with Crippen LogP contribution in [0.4, 0.5) is 0 Å². The van der Waals surface area contributed by atoms with E-state index >= 15 is 0 Å². The fourth-order valence-corrected chi connectivity index (χ4v) is 1.56. The Morgan fingerprint density at radius 1 is 1.64 bits per heavy atom. The van der Waals surface area contributed by atoms with E-state index < -0.39 is 0 Å². The van der Waals surface area contributed by atoms with Gasteiger partial charge in [-0.1, -0.05) is 0 Å². The first kappa shape index (κ1) is 11.5. The van der Waals surface area contributed by atoms with Gasteiger partial charge >= 0.3 is 0 Å². The van der Waals surface area contributed by atoms with Gasteiger partial charge in [-0.25, -0.2) is 0 Å². The zero-order valence-electron chi connectivity index (χ0n) is 9.08. The van der Waals surface area contributed by atoms with Gasteiger partial charge in [0, 0.05) is 26.7 Å². The van der Waals surface area contributed by atoms with Crippen molar-refractivity contribution in [2.45, 2.75) is 25.4 Å². The summed E-state index contributed by atoms with van der Waals surface area (Å²) in [4.78, 5) is 13.4. The number of amides is 1. The lowest BCUT2D eigenvalue weighted by molar-refractivity contribution is -0.132. The van der Waals surface area contributed by atoms with Crippen molar-refractivity contribution >= 4 is 5.91 Å². The Hall–Kier alpha value is -0.610. The van der Waals surface area contributed by atoms with E-state index in [1.54, 1.807) is 4.90 Å². The van der Waals surface area contributed by atoms with Crippen LogP contribution in [0.2, 0.25) is 0 Å². The van der Waals surface area contributed by atoms with E-state index in [1.807, 2.05) is 14.1 Å². The van der Waals surface area contributed by atoms with Crippen molar-refractivity contribution in [3.05, 3.63) is 0 Å². The SMILES string of the molecule is CNCCN(C)C(=O)CC1CCCO1. The third kappa shape index (κ3) is 3.64. The van der Waals surface area contributed by atoms with Gasteiger partial charge in [0.2, 0.25) is 5.91 Å². The first-order chi connectivity index (χ1) is 6.74. The van der Waals surface area contributed by atoms with Crippen LogP contribution in [0, 0.1) is 0 Å². The molecule has 4 nitrogen and oxygen atoms in total. The smallest absolute Gasteiger partial charge is 0.224 e. The number of likely N-dealkylation sites (N-methyl/N-ethyl adjacent to an activating group) is 2. The number of hydrogen-bond acceptors (Lipinski definition) is 3. The fourth-order valence-electron chi connectivity index (χ4n) is 1.56. The highest BCUT2D eigenvalue weighted by Crippen LogP contribution is 2.15. The number of carbonyl (C=O) groups is 1. The van der Waals surface area contributed by atoms with E-state index in [9.17, 15) is 4.79 Å². The van der Waals surface area contributed by atoms with Crippen molar-refractivity contribution in [1.82, 2.24) is 10.2 Å². The molecule has 82 valence electrons. The number of hydrogen-bond donors (Lipinski definition) is 1. The third-order valence-electron chi connectivity index (χ3n) is 2.55.